The van der Waals surface area contributed by atoms with Crippen LogP contribution in [0.1, 0.15) is 20.7 Å². The van der Waals surface area contributed by atoms with E-state index in [9.17, 15) is 9.59 Å². The molecule has 1 aliphatic heterocycles. The zero-order chi connectivity index (χ0) is 12.7. The average Bonchev–Trinajstić information content (AvgIpc) is 2.63. The van der Waals surface area contributed by atoms with Crippen molar-refractivity contribution in [3.05, 3.63) is 41.7 Å². The molecule has 0 fully saturated rings. The second-order valence-electron chi connectivity index (χ2n) is 3.63. The summed E-state index contributed by atoms with van der Waals surface area (Å²) in [5.41, 5.74) is 6.08. The number of aromatic nitrogens is 3. The van der Waals surface area contributed by atoms with Crippen LogP contribution in [0.2, 0.25) is 0 Å². The van der Waals surface area contributed by atoms with Crippen molar-refractivity contribution >= 4 is 23.7 Å². The van der Waals surface area contributed by atoms with Crippen molar-refractivity contribution in [2.24, 2.45) is 0 Å². The van der Waals surface area contributed by atoms with Crippen LogP contribution in [-0.4, -0.2) is 26.8 Å². The molecule has 2 heterocycles. The number of carbonyl (C=O) groups is 2. The molecule has 1 aliphatic rings. The van der Waals surface area contributed by atoms with Crippen molar-refractivity contribution in [3.8, 4) is 0 Å². The highest BCUT2D eigenvalue weighted by atomic mass is 16.2. The molecule has 0 spiro atoms. The van der Waals surface area contributed by atoms with E-state index in [0.29, 0.717) is 11.1 Å². The van der Waals surface area contributed by atoms with Crippen LogP contribution in [0.5, 0.6) is 0 Å². The molecule has 18 heavy (non-hydrogen) atoms. The first kappa shape index (κ1) is 10.3. The van der Waals surface area contributed by atoms with Crippen LogP contribution >= 0.6 is 0 Å². The molecule has 3 rings (SSSR count). The molecule has 2 aromatic rings. The summed E-state index contributed by atoms with van der Waals surface area (Å²) in [7, 11) is 0. The minimum Gasteiger partial charge on any atom is -0.368 e. The number of benzene rings is 1. The zero-order valence-electron chi connectivity index (χ0n) is 9.07. The molecule has 2 N–H and O–H groups in total. The highest BCUT2D eigenvalue weighted by molar-refractivity contribution is 6.33. The van der Waals surface area contributed by atoms with E-state index in [-0.39, 0.29) is 11.9 Å². The standard InChI is InChI=1S/C11H7N5O2/c12-10-13-5-14-11(15-10)16-8(17)6-3-1-2-4-7(6)9(16)18/h1-5H,(H2,12,13,14,15). The largest absolute Gasteiger partial charge is 0.368 e. The Morgan fingerprint density at radius 2 is 1.61 bits per heavy atom. The smallest absolute Gasteiger partial charge is 0.268 e. The van der Waals surface area contributed by atoms with Crippen molar-refractivity contribution in [3.63, 3.8) is 0 Å². The molecule has 7 heteroatoms. The fourth-order valence-corrected chi connectivity index (χ4v) is 1.78. The molecular formula is C11H7N5O2. The van der Waals surface area contributed by atoms with Crippen molar-refractivity contribution in [1.29, 1.82) is 0 Å². The number of carbonyl (C=O) groups excluding carboxylic acids is 2. The Bertz CT molecular complexity index is 635. The van der Waals surface area contributed by atoms with Gasteiger partial charge in [-0.25, -0.2) is 14.9 Å². The number of nitrogen functional groups attached to an aromatic ring is 1. The maximum absolute atomic E-state index is 12.1. The van der Waals surface area contributed by atoms with E-state index < -0.39 is 11.8 Å². The molecular weight excluding hydrogens is 234 g/mol. The Labute approximate surface area is 101 Å². The van der Waals surface area contributed by atoms with Gasteiger partial charge in [-0.3, -0.25) is 9.59 Å². The first-order valence-corrected chi connectivity index (χ1v) is 5.11. The van der Waals surface area contributed by atoms with Gasteiger partial charge >= 0.3 is 0 Å². The van der Waals surface area contributed by atoms with Gasteiger partial charge < -0.3 is 5.73 Å². The Kier molecular flexibility index (Phi) is 2.06. The van der Waals surface area contributed by atoms with Gasteiger partial charge in [-0.05, 0) is 12.1 Å². The molecule has 0 aliphatic carbocycles. The van der Waals surface area contributed by atoms with Gasteiger partial charge in [0.2, 0.25) is 11.9 Å². The predicted molar refractivity (Wildman–Crippen MR) is 61.8 cm³/mol. The Hall–Kier alpha value is -2.83. The average molecular weight is 241 g/mol. The zero-order valence-corrected chi connectivity index (χ0v) is 9.07. The number of rotatable bonds is 1. The van der Waals surface area contributed by atoms with Crippen molar-refractivity contribution in [2.45, 2.75) is 0 Å². The summed E-state index contributed by atoms with van der Waals surface area (Å²) in [6, 6.07) is 6.55. The van der Waals surface area contributed by atoms with E-state index in [1.54, 1.807) is 24.3 Å². The van der Waals surface area contributed by atoms with E-state index in [1.165, 1.54) is 0 Å². The van der Waals surface area contributed by atoms with E-state index in [4.69, 9.17) is 5.73 Å². The molecule has 0 atom stereocenters. The summed E-state index contributed by atoms with van der Waals surface area (Å²) >= 11 is 0. The second-order valence-corrected chi connectivity index (χ2v) is 3.63. The van der Waals surface area contributed by atoms with Gasteiger partial charge in [0.1, 0.15) is 6.33 Å². The van der Waals surface area contributed by atoms with Gasteiger partial charge in [0, 0.05) is 0 Å². The minimum absolute atomic E-state index is 0.0449. The lowest BCUT2D eigenvalue weighted by Gasteiger charge is -2.10. The van der Waals surface area contributed by atoms with Gasteiger partial charge in [0.15, 0.2) is 0 Å². The molecule has 0 radical (unpaired) electrons. The molecule has 0 unspecified atom stereocenters. The van der Waals surface area contributed by atoms with Crippen LogP contribution in [-0.2, 0) is 0 Å². The molecule has 0 saturated carbocycles. The van der Waals surface area contributed by atoms with Crippen LogP contribution in [0.15, 0.2) is 30.6 Å². The number of imide groups is 1. The van der Waals surface area contributed by atoms with E-state index in [0.717, 1.165) is 11.2 Å². The summed E-state index contributed by atoms with van der Waals surface area (Å²) < 4.78 is 0. The lowest BCUT2D eigenvalue weighted by atomic mass is 10.1. The first-order valence-electron chi connectivity index (χ1n) is 5.11. The van der Waals surface area contributed by atoms with Gasteiger partial charge in [-0.2, -0.15) is 4.98 Å². The van der Waals surface area contributed by atoms with E-state index in [2.05, 4.69) is 15.0 Å². The van der Waals surface area contributed by atoms with Crippen molar-refractivity contribution < 1.29 is 9.59 Å². The number of fused-ring (bicyclic) bond motifs is 1. The van der Waals surface area contributed by atoms with Gasteiger partial charge in [-0.15, -0.1) is 0 Å². The molecule has 1 aromatic heterocycles. The number of amides is 2. The summed E-state index contributed by atoms with van der Waals surface area (Å²) in [6.45, 7) is 0. The second kappa shape index (κ2) is 3.59. The fourth-order valence-electron chi connectivity index (χ4n) is 1.78. The topological polar surface area (TPSA) is 102 Å². The van der Waals surface area contributed by atoms with Crippen LogP contribution < -0.4 is 10.6 Å². The Balaban J connectivity index is 2.12. The van der Waals surface area contributed by atoms with E-state index in [1.807, 2.05) is 0 Å². The Morgan fingerprint density at radius 1 is 1.00 bits per heavy atom. The number of hydrogen-bond acceptors (Lipinski definition) is 6. The summed E-state index contributed by atoms with van der Waals surface area (Å²) in [5.74, 6) is -1.02. The SMILES string of the molecule is Nc1ncnc(N2C(=O)c3ccccc3C2=O)n1. The first-order chi connectivity index (χ1) is 8.68. The maximum atomic E-state index is 12.1. The van der Waals surface area contributed by atoms with Crippen molar-refractivity contribution in [1.82, 2.24) is 15.0 Å². The third-order valence-corrected chi connectivity index (χ3v) is 2.57. The lowest BCUT2D eigenvalue weighted by molar-refractivity contribution is 0.0924. The third-order valence-electron chi connectivity index (χ3n) is 2.57. The van der Waals surface area contributed by atoms with Gasteiger partial charge in [-0.1, -0.05) is 12.1 Å². The highest BCUT2D eigenvalue weighted by Crippen LogP contribution is 2.25. The maximum Gasteiger partial charge on any atom is 0.268 e. The van der Waals surface area contributed by atoms with Crippen LogP contribution in [0.4, 0.5) is 11.9 Å². The van der Waals surface area contributed by atoms with E-state index >= 15 is 0 Å². The summed E-state index contributed by atoms with van der Waals surface area (Å²) in [5, 5.41) is 0. The van der Waals surface area contributed by atoms with Gasteiger partial charge in [0.25, 0.3) is 11.8 Å². The fraction of sp³-hybridized carbons (Fsp3) is 0. The summed E-state index contributed by atoms with van der Waals surface area (Å²) in [6.07, 6.45) is 1.15. The van der Waals surface area contributed by atoms with Crippen LogP contribution in [0, 0.1) is 0 Å². The molecule has 88 valence electrons. The molecule has 1 aromatic carbocycles. The Morgan fingerprint density at radius 3 is 2.17 bits per heavy atom. The highest BCUT2D eigenvalue weighted by Gasteiger charge is 2.38. The number of nitrogens with zero attached hydrogens (tertiary/aromatic N) is 4. The predicted octanol–water partition coefficient (Wildman–Crippen LogP) is 0.254. The van der Waals surface area contributed by atoms with Crippen LogP contribution in [0.25, 0.3) is 0 Å². The van der Waals surface area contributed by atoms with Crippen LogP contribution in [0.3, 0.4) is 0 Å². The van der Waals surface area contributed by atoms with Gasteiger partial charge in [0.05, 0.1) is 11.1 Å². The molecule has 0 saturated heterocycles. The molecule has 2 amide bonds. The number of hydrogen-bond donors (Lipinski definition) is 1. The third kappa shape index (κ3) is 1.34. The number of anilines is 2. The number of nitrogens with two attached hydrogens (primary N) is 1. The molecule has 7 nitrogen and oxygen atoms in total. The quantitative estimate of drug-likeness (QED) is 0.718. The minimum atomic E-state index is -0.457. The monoisotopic (exact) mass is 241 g/mol. The summed E-state index contributed by atoms with van der Waals surface area (Å²) in [4.78, 5) is 36.2. The van der Waals surface area contributed by atoms with Crippen molar-refractivity contribution in [2.75, 3.05) is 10.6 Å². The normalized spacial score (nSPS) is 13.9. The molecule has 0 bridgehead atoms. The lowest BCUT2D eigenvalue weighted by Crippen LogP contribution is -2.31.